The van der Waals surface area contributed by atoms with Crippen molar-refractivity contribution in [3.05, 3.63) is 30.1 Å². The lowest BCUT2D eigenvalue weighted by Gasteiger charge is -2.38. The maximum Gasteiger partial charge on any atom is 0.324 e. The van der Waals surface area contributed by atoms with Crippen LogP contribution in [-0.2, 0) is 19.5 Å². The van der Waals surface area contributed by atoms with Gasteiger partial charge in [-0.05, 0) is 12.8 Å². The molecule has 0 atom stereocenters. The molecule has 2 aromatic rings. The minimum absolute atomic E-state index is 0.0588. The average molecular weight is 355 g/mol. The summed E-state index contributed by atoms with van der Waals surface area (Å²) in [5, 5.41) is 4.49. The molecule has 2 saturated heterocycles. The maximum atomic E-state index is 12.1. The molecule has 0 unspecified atom stereocenters. The van der Waals surface area contributed by atoms with Crippen LogP contribution >= 0.6 is 0 Å². The van der Waals surface area contributed by atoms with Gasteiger partial charge in [0.1, 0.15) is 5.82 Å². The van der Waals surface area contributed by atoms with E-state index in [1.807, 2.05) is 24.1 Å². The molecule has 2 aromatic heterocycles. The van der Waals surface area contributed by atoms with E-state index in [-0.39, 0.29) is 6.03 Å². The zero-order chi connectivity index (χ0) is 17.7. The number of aryl methyl sites for hydroxylation is 2. The van der Waals surface area contributed by atoms with Gasteiger partial charge >= 0.3 is 6.03 Å². The predicted octanol–water partition coefficient (Wildman–Crippen LogP) is 1.34. The lowest BCUT2D eigenvalue weighted by molar-refractivity contribution is 0.0897. The van der Waals surface area contributed by atoms with Crippen molar-refractivity contribution in [1.29, 1.82) is 0 Å². The third kappa shape index (κ3) is 2.68. The van der Waals surface area contributed by atoms with Gasteiger partial charge < -0.3 is 9.47 Å². The Kier molecular flexibility index (Phi) is 3.74. The van der Waals surface area contributed by atoms with E-state index in [0.29, 0.717) is 6.04 Å². The lowest BCUT2D eigenvalue weighted by Crippen LogP contribution is -2.47. The zero-order valence-electron chi connectivity index (χ0n) is 15.2. The third-order valence-corrected chi connectivity index (χ3v) is 5.77. The molecular weight excluding hydrogens is 330 g/mol. The molecule has 0 radical (unpaired) electrons. The van der Waals surface area contributed by atoms with Gasteiger partial charge in [0.15, 0.2) is 0 Å². The summed E-state index contributed by atoms with van der Waals surface area (Å²) >= 11 is 0. The Morgan fingerprint density at radius 1 is 1.15 bits per heavy atom. The number of urea groups is 1. The van der Waals surface area contributed by atoms with Gasteiger partial charge in [-0.15, -0.1) is 0 Å². The highest BCUT2D eigenvalue weighted by Gasteiger charge is 2.32. The molecule has 0 spiro atoms. The summed E-state index contributed by atoms with van der Waals surface area (Å²) in [6, 6.07) is 0.444. The number of carbonyl (C=O) groups excluding carboxylic acids is 1. The van der Waals surface area contributed by atoms with Crippen molar-refractivity contribution in [3.63, 3.8) is 0 Å². The van der Waals surface area contributed by atoms with Crippen molar-refractivity contribution in [2.24, 2.45) is 0 Å². The van der Waals surface area contributed by atoms with Crippen molar-refractivity contribution < 1.29 is 4.79 Å². The van der Waals surface area contributed by atoms with Crippen LogP contribution in [0, 0.1) is 0 Å². The van der Waals surface area contributed by atoms with Crippen LogP contribution < -0.4 is 4.90 Å². The lowest BCUT2D eigenvalue weighted by atomic mass is 10.1. The van der Waals surface area contributed by atoms with Gasteiger partial charge in [-0.25, -0.2) is 9.78 Å². The highest BCUT2D eigenvalue weighted by Crippen LogP contribution is 2.26. The number of hydrogen-bond acceptors (Lipinski definition) is 4. The Labute approximate surface area is 153 Å². The maximum absolute atomic E-state index is 12.1. The van der Waals surface area contributed by atoms with Crippen LogP contribution in [-0.4, -0.2) is 68.4 Å². The van der Waals surface area contributed by atoms with Crippen molar-refractivity contribution in [3.8, 4) is 0 Å². The second-order valence-electron chi connectivity index (χ2n) is 7.68. The molecule has 0 saturated carbocycles. The number of amides is 2. The number of anilines is 1. The summed E-state index contributed by atoms with van der Waals surface area (Å²) in [5.41, 5.74) is 2.09. The first-order chi connectivity index (χ1) is 12.7. The Morgan fingerprint density at radius 2 is 2.04 bits per heavy atom. The topological polar surface area (TPSA) is 62.4 Å². The van der Waals surface area contributed by atoms with Crippen molar-refractivity contribution in [1.82, 2.24) is 29.1 Å². The summed E-state index contributed by atoms with van der Waals surface area (Å²) in [6.45, 7) is 5.51. The van der Waals surface area contributed by atoms with Gasteiger partial charge in [0.2, 0.25) is 0 Å². The minimum atomic E-state index is 0.0588. The quantitative estimate of drug-likeness (QED) is 0.830. The second-order valence-corrected chi connectivity index (χ2v) is 7.68. The van der Waals surface area contributed by atoms with Crippen LogP contribution in [0.1, 0.15) is 30.4 Å². The van der Waals surface area contributed by atoms with Crippen molar-refractivity contribution in [2.45, 2.75) is 38.4 Å². The molecular formula is C18H25N7O. The number of likely N-dealkylation sites (tertiary alicyclic amines) is 1. The van der Waals surface area contributed by atoms with E-state index >= 15 is 0 Å². The third-order valence-electron chi connectivity index (χ3n) is 5.77. The molecule has 3 aliphatic heterocycles. The van der Waals surface area contributed by atoms with E-state index in [0.717, 1.165) is 51.4 Å². The highest BCUT2D eigenvalue weighted by molar-refractivity contribution is 5.93. The van der Waals surface area contributed by atoms with Crippen LogP contribution in [0.3, 0.4) is 0 Å². The molecule has 0 aromatic carbocycles. The monoisotopic (exact) mass is 355 g/mol. The first-order valence-electron chi connectivity index (χ1n) is 9.51. The summed E-state index contributed by atoms with van der Waals surface area (Å²) in [7, 11) is 1.84. The van der Waals surface area contributed by atoms with Gasteiger partial charge in [-0.1, -0.05) is 0 Å². The number of hydrogen-bond donors (Lipinski definition) is 0. The van der Waals surface area contributed by atoms with E-state index in [1.54, 1.807) is 9.80 Å². The summed E-state index contributed by atoms with van der Waals surface area (Å²) in [5.74, 6) is 1.25. The van der Waals surface area contributed by atoms with E-state index < -0.39 is 0 Å². The zero-order valence-corrected chi connectivity index (χ0v) is 15.2. The molecule has 2 amide bonds. The normalized spacial score (nSPS) is 21.3. The number of likely N-dealkylation sites (N-methyl/N-ethyl adjacent to an activating group) is 1. The summed E-state index contributed by atoms with van der Waals surface area (Å²) < 4.78 is 4.33. The molecule has 26 heavy (non-hydrogen) atoms. The summed E-state index contributed by atoms with van der Waals surface area (Å²) in [4.78, 5) is 22.9. The average Bonchev–Trinajstić information content (AvgIpc) is 3.30. The molecule has 0 aliphatic carbocycles. The standard InChI is InChI=1S/C18H25N7O/c1-21-6-7-24(18(21)26)15-8-19-25(13-15)16-11-22(12-16)9-14-10-23-5-3-2-4-17(23)20-14/h8,10,13,16H,2-7,9,11-12H2,1H3. The number of carbonyl (C=O) groups is 1. The SMILES string of the molecule is CN1CCN(c2cnn(C3CN(Cc4cn5c(n4)CCCC5)C3)c2)C1=O. The Balaban J connectivity index is 1.18. The molecule has 3 aliphatic rings. The fourth-order valence-electron chi connectivity index (χ4n) is 4.17. The van der Waals surface area contributed by atoms with E-state index in [1.165, 1.54) is 24.4 Å². The molecule has 2 fully saturated rings. The molecule has 5 rings (SSSR count). The number of aromatic nitrogens is 4. The molecule has 0 bridgehead atoms. The largest absolute Gasteiger partial charge is 0.335 e. The molecule has 8 nitrogen and oxygen atoms in total. The number of imidazole rings is 1. The molecule has 138 valence electrons. The predicted molar refractivity (Wildman–Crippen MR) is 97.1 cm³/mol. The first kappa shape index (κ1) is 15.9. The Hall–Kier alpha value is -2.35. The van der Waals surface area contributed by atoms with E-state index in [4.69, 9.17) is 4.98 Å². The van der Waals surface area contributed by atoms with Crippen LogP contribution in [0.25, 0.3) is 0 Å². The fraction of sp³-hybridized carbons (Fsp3) is 0.611. The van der Waals surface area contributed by atoms with Crippen LogP contribution in [0.5, 0.6) is 0 Å². The molecule has 5 heterocycles. The molecule has 0 N–H and O–H groups in total. The van der Waals surface area contributed by atoms with Gasteiger partial charge in [0.05, 0.1) is 23.6 Å². The smallest absolute Gasteiger partial charge is 0.324 e. The molecule has 8 heteroatoms. The van der Waals surface area contributed by atoms with E-state index in [2.05, 4.69) is 20.8 Å². The van der Waals surface area contributed by atoms with Gasteiger partial charge in [-0.2, -0.15) is 5.10 Å². The van der Waals surface area contributed by atoms with Crippen molar-refractivity contribution in [2.75, 3.05) is 38.1 Å². The number of fused-ring (bicyclic) bond motifs is 1. The Morgan fingerprint density at radius 3 is 2.81 bits per heavy atom. The fourth-order valence-corrected chi connectivity index (χ4v) is 4.17. The number of rotatable bonds is 4. The van der Waals surface area contributed by atoms with Crippen molar-refractivity contribution >= 4 is 11.7 Å². The summed E-state index contributed by atoms with van der Waals surface area (Å²) in [6.07, 6.45) is 9.69. The van der Waals surface area contributed by atoms with Crippen LogP contribution in [0.2, 0.25) is 0 Å². The minimum Gasteiger partial charge on any atom is -0.335 e. The van der Waals surface area contributed by atoms with Gasteiger partial charge in [0.25, 0.3) is 0 Å². The van der Waals surface area contributed by atoms with Crippen LogP contribution in [0.4, 0.5) is 10.5 Å². The highest BCUT2D eigenvalue weighted by atomic mass is 16.2. The van der Waals surface area contributed by atoms with Crippen LogP contribution in [0.15, 0.2) is 18.6 Å². The van der Waals surface area contributed by atoms with Gasteiger partial charge in [0, 0.05) is 65.1 Å². The number of nitrogens with zero attached hydrogens (tertiary/aromatic N) is 7. The van der Waals surface area contributed by atoms with E-state index in [9.17, 15) is 4.79 Å². The Bertz CT molecular complexity index is 796. The van der Waals surface area contributed by atoms with Gasteiger partial charge in [-0.3, -0.25) is 14.5 Å². The first-order valence-corrected chi connectivity index (χ1v) is 9.51. The second kappa shape index (κ2) is 6.12.